The molecule has 0 bridgehead atoms. The summed E-state index contributed by atoms with van der Waals surface area (Å²) in [5.74, 6) is -0.274. The molecule has 2 aromatic carbocycles. The van der Waals surface area contributed by atoms with Gasteiger partial charge in [-0.2, -0.15) is 0 Å². The number of hydrogen-bond acceptors (Lipinski definition) is 4. The Kier molecular flexibility index (Phi) is 2.16. The molecule has 0 radical (unpaired) electrons. The summed E-state index contributed by atoms with van der Waals surface area (Å²) in [6, 6.07) is 15.2. The molecule has 0 amide bonds. The zero-order valence-corrected chi connectivity index (χ0v) is 11.6. The summed E-state index contributed by atoms with van der Waals surface area (Å²) in [6.07, 6.45) is 0. The molecular weight excluding hydrogens is 280 g/mol. The number of hydrogen-bond donors (Lipinski definition) is 0. The van der Waals surface area contributed by atoms with Gasteiger partial charge in [0.1, 0.15) is 11.5 Å². The van der Waals surface area contributed by atoms with Gasteiger partial charge in [-0.1, -0.05) is 36.4 Å². The predicted octanol–water partition coefficient (Wildman–Crippen LogP) is 2.64. The Morgan fingerprint density at radius 1 is 0.591 bits per heavy atom. The number of para-hydroxylation sites is 2. The third-order valence-electron chi connectivity index (χ3n) is 5.07. The van der Waals surface area contributed by atoms with Crippen LogP contribution in [0.1, 0.15) is 23.0 Å². The van der Waals surface area contributed by atoms with Crippen LogP contribution in [0.4, 0.5) is 0 Å². The summed E-state index contributed by atoms with van der Waals surface area (Å²) in [4.78, 5) is 24.6. The van der Waals surface area contributed by atoms with Crippen LogP contribution >= 0.6 is 0 Å². The van der Waals surface area contributed by atoms with Crippen LogP contribution in [-0.2, 0) is 9.59 Å². The molecule has 1 fully saturated rings. The molecule has 5 rings (SSSR count). The van der Waals surface area contributed by atoms with E-state index < -0.39 is 11.8 Å². The monoisotopic (exact) mass is 292 g/mol. The number of fused-ring (bicyclic) bond motifs is 8. The summed E-state index contributed by atoms with van der Waals surface area (Å²) in [7, 11) is 0. The van der Waals surface area contributed by atoms with Crippen molar-refractivity contribution in [1.82, 2.24) is 0 Å². The summed E-state index contributed by atoms with van der Waals surface area (Å²) < 4.78 is 10.8. The molecule has 4 atom stereocenters. The topological polar surface area (TPSA) is 52.6 Å². The van der Waals surface area contributed by atoms with E-state index in [0.717, 1.165) is 11.1 Å². The highest BCUT2D eigenvalue weighted by Gasteiger charge is 2.64. The lowest BCUT2D eigenvalue weighted by Crippen LogP contribution is -2.57. The average molecular weight is 292 g/mol. The second kappa shape index (κ2) is 3.97. The van der Waals surface area contributed by atoms with Crippen LogP contribution in [0.15, 0.2) is 48.5 Å². The molecule has 2 heterocycles. The summed E-state index contributed by atoms with van der Waals surface area (Å²) >= 11 is 0. The molecule has 0 unspecified atom stereocenters. The van der Waals surface area contributed by atoms with E-state index in [4.69, 9.17) is 9.47 Å². The number of benzene rings is 2. The Balaban J connectivity index is 1.71. The van der Waals surface area contributed by atoms with E-state index in [1.165, 1.54) is 0 Å². The van der Waals surface area contributed by atoms with E-state index in [0.29, 0.717) is 11.5 Å². The fraction of sp³-hybridized carbons (Fsp3) is 0.222. The summed E-state index contributed by atoms with van der Waals surface area (Å²) in [5, 5.41) is 0. The molecule has 1 aliphatic carbocycles. The number of carbonyl (C=O) groups excluding carboxylic acids is 2. The van der Waals surface area contributed by atoms with Crippen molar-refractivity contribution in [2.24, 2.45) is 11.8 Å². The quantitative estimate of drug-likeness (QED) is 0.553. The van der Waals surface area contributed by atoms with E-state index in [-0.39, 0.29) is 23.8 Å². The van der Waals surface area contributed by atoms with Crippen LogP contribution in [0.2, 0.25) is 0 Å². The molecule has 4 heteroatoms. The molecule has 22 heavy (non-hydrogen) atoms. The van der Waals surface area contributed by atoms with Gasteiger partial charge in [0.2, 0.25) is 0 Å². The summed E-state index contributed by atoms with van der Waals surface area (Å²) in [5.41, 5.74) is 2.02. The second-order valence-corrected chi connectivity index (χ2v) is 6.02. The van der Waals surface area contributed by atoms with Gasteiger partial charge in [0.15, 0.2) is 0 Å². The first-order valence-corrected chi connectivity index (χ1v) is 7.37. The number of ether oxygens (including phenoxy) is 2. The van der Waals surface area contributed by atoms with Crippen molar-refractivity contribution in [2.45, 2.75) is 11.8 Å². The Labute approximate surface area is 126 Å². The molecule has 0 spiro atoms. The van der Waals surface area contributed by atoms with E-state index in [9.17, 15) is 9.59 Å². The van der Waals surface area contributed by atoms with E-state index >= 15 is 0 Å². The fourth-order valence-corrected chi connectivity index (χ4v) is 4.16. The van der Waals surface area contributed by atoms with E-state index in [2.05, 4.69) is 0 Å². The van der Waals surface area contributed by atoms with Gasteiger partial charge in [-0.25, -0.2) is 0 Å². The van der Waals surface area contributed by atoms with Gasteiger partial charge >= 0.3 is 11.9 Å². The van der Waals surface area contributed by atoms with Crippen LogP contribution in [-0.4, -0.2) is 11.9 Å². The molecule has 1 saturated carbocycles. The highest BCUT2D eigenvalue weighted by atomic mass is 16.5. The van der Waals surface area contributed by atoms with Crippen molar-refractivity contribution in [3.63, 3.8) is 0 Å². The maximum absolute atomic E-state index is 12.3. The van der Waals surface area contributed by atoms with Crippen LogP contribution < -0.4 is 9.47 Å². The van der Waals surface area contributed by atoms with Gasteiger partial charge in [-0.3, -0.25) is 9.59 Å². The summed E-state index contributed by atoms with van der Waals surface area (Å²) in [6.45, 7) is 0. The van der Waals surface area contributed by atoms with Crippen LogP contribution in [0, 0.1) is 11.8 Å². The zero-order chi connectivity index (χ0) is 14.8. The standard InChI is InChI=1S/C18H12O4/c19-17-15-13(9-5-1-3-7-11(9)21-17)14-10-6-2-4-8-12(10)22-18(20)16(14)15/h1-8,13-16H/t13-,14-,15-,16-/m0/s1. The number of esters is 2. The lowest BCUT2D eigenvalue weighted by Gasteiger charge is -2.53. The van der Waals surface area contributed by atoms with Crippen LogP contribution in [0.3, 0.4) is 0 Å². The first-order valence-electron chi connectivity index (χ1n) is 7.37. The Bertz CT molecular complexity index is 756. The third-order valence-corrected chi connectivity index (χ3v) is 5.07. The minimum atomic E-state index is -0.430. The predicted molar refractivity (Wildman–Crippen MR) is 76.6 cm³/mol. The van der Waals surface area contributed by atoms with Crippen molar-refractivity contribution in [3.8, 4) is 11.5 Å². The smallest absolute Gasteiger partial charge is 0.315 e. The van der Waals surface area contributed by atoms with Gasteiger partial charge < -0.3 is 9.47 Å². The molecule has 3 aliphatic rings. The first-order chi connectivity index (χ1) is 10.8. The van der Waals surface area contributed by atoms with Crippen molar-refractivity contribution in [2.75, 3.05) is 0 Å². The van der Waals surface area contributed by atoms with Gasteiger partial charge in [-0.05, 0) is 23.3 Å². The minimum absolute atomic E-state index is 0.00329. The van der Waals surface area contributed by atoms with Crippen molar-refractivity contribution in [3.05, 3.63) is 59.7 Å². The molecule has 2 aliphatic heterocycles. The van der Waals surface area contributed by atoms with E-state index in [1.807, 2.05) is 48.5 Å². The lowest BCUT2D eigenvalue weighted by molar-refractivity contribution is -0.165. The minimum Gasteiger partial charge on any atom is -0.426 e. The Hall–Kier alpha value is -2.62. The molecule has 0 aromatic heterocycles. The first kappa shape index (κ1) is 12.0. The molecule has 4 nitrogen and oxygen atoms in total. The average Bonchev–Trinajstić information content (AvgIpc) is 2.49. The zero-order valence-electron chi connectivity index (χ0n) is 11.6. The maximum Gasteiger partial charge on any atom is 0.315 e. The SMILES string of the molecule is O=C1Oc2ccccc2[C@@H]2[C@H]1[C@H]1C(=O)Oc3ccccc3[C@H]12. The Morgan fingerprint density at radius 2 is 1.00 bits per heavy atom. The molecule has 0 N–H and O–H groups in total. The van der Waals surface area contributed by atoms with E-state index in [1.54, 1.807) is 0 Å². The molecular formula is C18H12O4. The van der Waals surface area contributed by atoms with Gasteiger partial charge in [0, 0.05) is 11.8 Å². The largest absolute Gasteiger partial charge is 0.426 e. The van der Waals surface area contributed by atoms with Gasteiger partial charge in [-0.15, -0.1) is 0 Å². The fourth-order valence-electron chi connectivity index (χ4n) is 4.16. The number of rotatable bonds is 0. The lowest BCUT2D eigenvalue weighted by atomic mass is 9.51. The highest BCUT2D eigenvalue weighted by molar-refractivity contribution is 5.92. The normalized spacial score (nSPS) is 30.7. The third kappa shape index (κ3) is 1.32. The number of carbonyl (C=O) groups is 2. The molecule has 108 valence electrons. The van der Waals surface area contributed by atoms with Crippen molar-refractivity contribution in [1.29, 1.82) is 0 Å². The Morgan fingerprint density at radius 3 is 1.45 bits per heavy atom. The molecule has 0 saturated heterocycles. The van der Waals surface area contributed by atoms with Crippen LogP contribution in [0.25, 0.3) is 0 Å². The molecule has 2 aromatic rings. The van der Waals surface area contributed by atoms with Gasteiger partial charge in [0.05, 0.1) is 11.8 Å². The van der Waals surface area contributed by atoms with Crippen molar-refractivity contribution >= 4 is 11.9 Å². The highest BCUT2D eigenvalue weighted by Crippen LogP contribution is 2.64. The van der Waals surface area contributed by atoms with Crippen molar-refractivity contribution < 1.29 is 19.1 Å². The van der Waals surface area contributed by atoms with Crippen LogP contribution in [0.5, 0.6) is 11.5 Å². The second-order valence-electron chi connectivity index (χ2n) is 6.02. The van der Waals surface area contributed by atoms with Gasteiger partial charge in [0.25, 0.3) is 0 Å². The maximum atomic E-state index is 12.3.